The van der Waals surface area contributed by atoms with Crippen LogP contribution in [0.15, 0.2) is 58.3 Å². The van der Waals surface area contributed by atoms with Crippen molar-refractivity contribution in [3.05, 3.63) is 70.1 Å². The number of hydrogen-bond donors (Lipinski definition) is 0. The summed E-state index contributed by atoms with van der Waals surface area (Å²) < 4.78 is 0. The molecule has 1 aliphatic rings. The monoisotopic (exact) mass is 379 g/mol. The molecule has 2 aromatic carbocycles. The Balaban J connectivity index is 2.01. The molecule has 0 N–H and O–H groups in total. The lowest BCUT2D eigenvalue weighted by atomic mass is 10.0. The minimum atomic E-state index is -0.169. The number of carbonyl (C=O) groups excluding carboxylic acids is 2. The number of amides is 2. The predicted molar refractivity (Wildman–Crippen MR) is 111 cm³/mol. The third-order valence-electron chi connectivity index (χ3n) is 4.87. The molecular weight excluding hydrogens is 354 g/mol. The van der Waals surface area contributed by atoms with E-state index in [1.54, 1.807) is 0 Å². The number of aryl methyl sites for hydroxylation is 2. The van der Waals surface area contributed by atoms with E-state index in [-0.39, 0.29) is 11.8 Å². The Kier molecular flexibility index (Phi) is 6.17. The molecule has 0 aromatic heterocycles. The minimum absolute atomic E-state index is 0.168. The number of imide groups is 1. The van der Waals surface area contributed by atoms with Crippen molar-refractivity contribution in [2.75, 3.05) is 6.54 Å². The highest BCUT2D eigenvalue weighted by atomic mass is 32.2. The summed E-state index contributed by atoms with van der Waals surface area (Å²) in [5, 5.41) is 0. The van der Waals surface area contributed by atoms with E-state index >= 15 is 0 Å². The van der Waals surface area contributed by atoms with Gasteiger partial charge in [0.05, 0.1) is 10.5 Å². The predicted octanol–water partition coefficient (Wildman–Crippen LogP) is 5.37. The third kappa shape index (κ3) is 4.16. The largest absolute Gasteiger partial charge is 0.274 e. The molecule has 1 heterocycles. The van der Waals surface area contributed by atoms with Gasteiger partial charge in [-0.25, -0.2) is 0 Å². The molecule has 0 atom stereocenters. The molecule has 3 nitrogen and oxygen atoms in total. The molecule has 0 aliphatic carbocycles. The highest BCUT2D eigenvalue weighted by molar-refractivity contribution is 8.04. The second kappa shape index (κ2) is 8.57. The first-order chi connectivity index (χ1) is 13.0. The second-order valence-electron chi connectivity index (χ2n) is 6.89. The molecule has 3 rings (SSSR count). The maximum absolute atomic E-state index is 13.1. The van der Waals surface area contributed by atoms with Crippen LogP contribution in [0.5, 0.6) is 0 Å². The standard InChI is InChI=1S/C23H25NO2S/c1-4-5-9-14-24-22(25)20(18-13-12-16(2)17(3)15-18)21(23(24)26)27-19-10-7-6-8-11-19/h6-8,10-13,15H,4-5,9,14H2,1-3H3. The van der Waals surface area contributed by atoms with Crippen molar-refractivity contribution in [3.63, 3.8) is 0 Å². The lowest BCUT2D eigenvalue weighted by Crippen LogP contribution is -2.32. The van der Waals surface area contributed by atoms with Crippen molar-refractivity contribution in [1.29, 1.82) is 0 Å². The first-order valence-corrected chi connectivity index (χ1v) is 10.3. The van der Waals surface area contributed by atoms with Gasteiger partial charge >= 0.3 is 0 Å². The summed E-state index contributed by atoms with van der Waals surface area (Å²) in [5.74, 6) is -0.337. The molecule has 0 saturated carbocycles. The third-order valence-corrected chi connectivity index (χ3v) is 5.96. The van der Waals surface area contributed by atoms with Gasteiger partial charge < -0.3 is 0 Å². The van der Waals surface area contributed by atoms with E-state index in [9.17, 15) is 9.59 Å². The lowest BCUT2D eigenvalue weighted by molar-refractivity contribution is -0.136. The van der Waals surface area contributed by atoms with Gasteiger partial charge in [-0.3, -0.25) is 14.5 Å². The normalized spacial score (nSPS) is 14.4. The average Bonchev–Trinajstić information content (AvgIpc) is 2.89. The van der Waals surface area contributed by atoms with Gasteiger partial charge in [0.1, 0.15) is 0 Å². The summed E-state index contributed by atoms with van der Waals surface area (Å²) in [7, 11) is 0. The van der Waals surface area contributed by atoms with Crippen LogP contribution in [0, 0.1) is 13.8 Å². The molecule has 140 valence electrons. The van der Waals surface area contributed by atoms with Crippen LogP contribution >= 0.6 is 11.8 Å². The van der Waals surface area contributed by atoms with Gasteiger partial charge in [-0.2, -0.15) is 0 Å². The van der Waals surface area contributed by atoms with Gasteiger partial charge in [0, 0.05) is 11.4 Å². The van der Waals surface area contributed by atoms with Crippen LogP contribution in [-0.2, 0) is 9.59 Å². The van der Waals surface area contributed by atoms with Crippen molar-refractivity contribution in [2.24, 2.45) is 0 Å². The highest BCUT2D eigenvalue weighted by Crippen LogP contribution is 2.40. The maximum atomic E-state index is 13.1. The summed E-state index contributed by atoms with van der Waals surface area (Å²) in [4.78, 5) is 29.1. The first kappa shape index (κ1) is 19.4. The molecule has 0 spiro atoms. The van der Waals surface area contributed by atoms with Gasteiger partial charge in [0.15, 0.2) is 0 Å². The number of hydrogen-bond acceptors (Lipinski definition) is 3. The summed E-state index contributed by atoms with van der Waals surface area (Å²) in [5.41, 5.74) is 3.66. The number of rotatable bonds is 7. The van der Waals surface area contributed by atoms with Crippen LogP contribution in [0.3, 0.4) is 0 Å². The number of thioether (sulfide) groups is 1. The van der Waals surface area contributed by atoms with Crippen molar-refractivity contribution >= 4 is 29.1 Å². The van der Waals surface area contributed by atoms with Gasteiger partial charge in [-0.05, 0) is 49.1 Å². The Labute approximate surface area is 165 Å². The van der Waals surface area contributed by atoms with E-state index in [0.717, 1.165) is 35.3 Å². The molecule has 1 aliphatic heterocycles. The topological polar surface area (TPSA) is 37.4 Å². The molecule has 0 saturated heterocycles. The Bertz CT molecular complexity index is 887. The van der Waals surface area contributed by atoms with Gasteiger partial charge in [0.2, 0.25) is 0 Å². The second-order valence-corrected chi connectivity index (χ2v) is 7.97. The molecule has 0 radical (unpaired) electrons. The lowest BCUT2D eigenvalue weighted by Gasteiger charge is -2.14. The molecule has 2 aromatic rings. The zero-order valence-electron chi connectivity index (χ0n) is 16.1. The number of benzene rings is 2. The fourth-order valence-corrected chi connectivity index (χ4v) is 4.16. The van der Waals surface area contributed by atoms with Gasteiger partial charge in [0.25, 0.3) is 11.8 Å². The Morgan fingerprint density at radius 3 is 2.30 bits per heavy atom. The van der Waals surface area contributed by atoms with Crippen molar-refractivity contribution in [1.82, 2.24) is 4.90 Å². The van der Waals surface area contributed by atoms with E-state index < -0.39 is 0 Å². The van der Waals surface area contributed by atoms with E-state index in [2.05, 4.69) is 6.92 Å². The smallest absolute Gasteiger partial charge is 0.268 e. The Hall–Kier alpha value is -2.33. The summed E-state index contributed by atoms with van der Waals surface area (Å²) in [6, 6.07) is 15.7. The minimum Gasteiger partial charge on any atom is -0.274 e. The van der Waals surface area contributed by atoms with Crippen LogP contribution in [0.2, 0.25) is 0 Å². The van der Waals surface area contributed by atoms with Crippen molar-refractivity contribution < 1.29 is 9.59 Å². The van der Waals surface area contributed by atoms with Gasteiger partial charge in [-0.1, -0.05) is 67.9 Å². The molecule has 4 heteroatoms. The number of unbranched alkanes of at least 4 members (excludes halogenated alkanes) is 2. The van der Waals surface area contributed by atoms with E-state index in [0.29, 0.717) is 17.0 Å². The van der Waals surface area contributed by atoms with E-state index in [1.807, 2.05) is 62.4 Å². The van der Waals surface area contributed by atoms with Crippen molar-refractivity contribution in [3.8, 4) is 0 Å². The SMILES string of the molecule is CCCCCN1C(=O)C(Sc2ccccc2)=C(c2ccc(C)c(C)c2)C1=O. The van der Waals surface area contributed by atoms with Crippen LogP contribution in [-0.4, -0.2) is 23.3 Å². The summed E-state index contributed by atoms with van der Waals surface area (Å²) >= 11 is 1.39. The number of carbonyl (C=O) groups is 2. The number of nitrogens with zero attached hydrogens (tertiary/aromatic N) is 1. The average molecular weight is 380 g/mol. The fourth-order valence-electron chi connectivity index (χ4n) is 3.13. The van der Waals surface area contributed by atoms with E-state index in [1.165, 1.54) is 22.2 Å². The zero-order chi connectivity index (χ0) is 19.4. The van der Waals surface area contributed by atoms with Crippen LogP contribution < -0.4 is 0 Å². The molecule has 0 bridgehead atoms. The summed E-state index contributed by atoms with van der Waals surface area (Å²) in [6.07, 6.45) is 2.91. The molecule has 0 fully saturated rings. The van der Waals surface area contributed by atoms with E-state index in [4.69, 9.17) is 0 Å². The maximum Gasteiger partial charge on any atom is 0.268 e. The molecule has 2 amide bonds. The first-order valence-electron chi connectivity index (χ1n) is 9.44. The van der Waals surface area contributed by atoms with Crippen molar-refractivity contribution in [2.45, 2.75) is 44.9 Å². The van der Waals surface area contributed by atoms with Gasteiger partial charge in [-0.15, -0.1) is 0 Å². The fraction of sp³-hybridized carbons (Fsp3) is 0.304. The summed E-state index contributed by atoms with van der Waals surface area (Å²) in [6.45, 7) is 6.68. The molecular formula is C23H25NO2S. The molecule has 27 heavy (non-hydrogen) atoms. The molecule has 0 unspecified atom stereocenters. The Morgan fingerprint density at radius 1 is 0.889 bits per heavy atom. The Morgan fingerprint density at radius 2 is 1.63 bits per heavy atom. The highest BCUT2D eigenvalue weighted by Gasteiger charge is 2.39. The van der Waals surface area contributed by atoms with Crippen LogP contribution in [0.25, 0.3) is 5.57 Å². The van der Waals surface area contributed by atoms with Crippen LogP contribution in [0.4, 0.5) is 0 Å². The quantitative estimate of drug-likeness (QED) is 0.480. The zero-order valence-corrected chi connectivity index (χ0v) is 16.9. The van der Waals surface area contributed by atoms with Crippen LogP contribution in [0.1, 0.15) is 42.9 Å².